The van der Waals surface area contributed by atoms with Gasteiger partial charge in [-0.3, -0.25) is 0 Å². The lowest BCUT2D eigenvalue weighted by molar-refractivity contribution is 0.374. The highest BCUT2D eigenvalue weighted by molar-refractivity contribution is 5.47. The van der Waals surface area contributed by atoms with Crippen LogP contribution in [0.1, 0.15) is 41.1 Å². The molecule has 1 aliphatic rings. The number of benzene rings is 2. The Hall–Kier alpha value is -1.80. The topological polar surface area (TPSA) is 21.3 Å². The minimum absolute atomic E-state index is 0.319. The summed E-state index contributed by atoms with van der Waals surface area (Å²) in [7, 11) is 1.76. The highest BCUT2D eigenvalue weighted by Crippen LogP contribution is 2.45. The number of fused-ring (bicyclic) bond motifs is 1. The highest BCUT2D eigenvalue weighted by atomic mass is 16.5. The monoisotopic (exact) mass is 281 g/mol. The van der Waals surface area contributed by atoms with Crippen molar-refractivity contribution >= 4 is 0 Å². The molecular weight excluding hydrogens is 258 g/mol. The van der Waals surface area contributed by atoms with Crippen LogP contribution in [0.25, 0.3) is 0 Å². The second-order valence-corrected chi connectivity index (χ2v) is 5.79. The van der Waals surface area contributed by atoms with E-state index in [1.165, 1.54) is 22.3 Å². The van der Waals surface area contributed by atoms with E-state index in [9.17, 15) is 0 Å². The van der Waals surface area contributed by atoms with Gasteiger partial charge in [-0.25, -0.2) is 0 Å². The van der Waals surface area contributed by atoms with E-state index in [0.717, 1.165) is 18.7 Å². The maximum absolute atomic E-state index is 5.59. The number of aryl methyl sites for hydroxylation is 1. The molecule has 0 saturated carbocycles. The van der Waals surface area contributed by atoms with E-state index in [0.29, 0.717) is 12.0 Å². The van der Waals surface area contributed by atoms with E-state index in [1.807, 2.05) is 0 Å². The molecule has 0 bridgehead atoms. The number of ether oxygens (including phenoxy) is 1. The lowest BCUT2D eigenvalue weighted by atomic mass is 9.71. The zero-order valence-corrected chi connectivity index (χ0v) is 13.0. The van der Waals surface area contributed by atoms with Gasteiger partial charge in [0.2, 0.25) is 0 Å². The van der Waals surface area contributed by atoms with Crippen LogP contribution in [0.3, 0.4) is 0 Å². The molecule has 0 saturated heterocycles. The van der Waals surface area contributed by atoms with Gasteiger partial charge in [0.25, 0.3) is 0 Å². The predicted molar refractivity (Wildman–Crippen MR) is 87.0 cm³/mol. The average molecular weight is 281 g/mol. The van der Waals surface area contributed by atoms with Gasteiger partial charge in [-0.05, 0) is 37.1 Å². The van der Waals surface area contributed by atoms with Crippen molar-refractivity contribution in [3.63, 3.8) is 0 Å². The van der Waals surface area contributed by atoms with E-state index in [2.05, 4.69) is 61.6 Å². The molecule has 2 heteroatoms. The van der Waals surface area contributed by atoms with E-state index < -0.39 is 0 Å². The molecule has 21 heavy (non-hydrogen) atoms. The summed E-state index contributed by atoms with van der Waals surface area (Å²) in [4.78, 5) is 0. The second kappa shape index (κ2) is 5.90. The molecule has 3 rings (SSSR count). The molecule has 2 aromatic rings. The van der Waals surface area contributed by atoms with Crippen LogP contribution < -0.4 is 10.1 Å². The minimum atomic E-state index is 0.319. The van der Waals surface area contributed by atoms with Gasteiger partial charge < -0.3 is 10.1 Å². The third-order valence-electron chi connectivity index (χ3n) is 4.44. The van der Waals surface area contributed by atoms with E-state index in [4.69, 9.17) is 4.74 Å². The van der Waals surface area contributed by atoms with Crippen LogP contribution >= 0.6 is 0 Å². The molecule has 2 nitrogen and oxygen atoms in total. The van der Waals surface area contributed by atoms with Crippen molar-refractivity contribution in [1.82, 2.24) is 5.32 Å². The third kappa shape index (κ3) is 2.56. The Morgan fingerprint density at radius 3 is 2.76 bits per heavy atom. The first-order chi connectivity index (χ1) is 10.2. The van der Waals surface area contributed by atoms with E-state index in [1.54, 1.807) is 7.11 Å². The molecule has 1 aliphatic carbocycles. The zero-order valence-electron chi connectivity index (χ0n) is 13.0. The molecule has 0 radical (unpaired) electrons. The molecule has 0 heterocycles. The summed E-state index contributed by atoms with van der Waals surface area (Å²) in [6, 6.07) is 15.5. The lowest BCUT2D eigenvalue weighted by Crippen LogP contribution is -2.33. The number of rotatable bonds is 5. The maximum Gasteiger partial charge on any atom is 0.123 e. The summed E-state index contributed by atoms with van der Waals surface area (Å²) >= 11 is 0. The Labute approximate surface area is 127 Å². The van der Waals surface area contributed by atoms with Gasteiger partial charge in [-0.1, -0.05) is 48.9 Å². The van der Waals surface area contributed by atoms with Gasteiger partial charge >= 0.3 is 0 Å². The summed E-state index contributed by atoms with van der Waals surface area (Å²) in [5, 5.41) is 3.66. The van der Waals surface area contributed by atoms with Crippen LogP contribution in [0.5, 0.6) is 5.75 Å². The Morgan fingerprint density at radius 1 is 1.24 bits per heavy atom. The molecule has 2 aromatic carbocycles. The standard InChI is InChI=1S/C19H23NO/c1-4-20-19(16-12-14-7-5-6-8-15(14)16)17-11-13(2)9-10-18(17)21-3/h5-11,16,19-20H,4,12H2,1-3H3. The number of likely N-dealkylation sites (N-methyl/N-ethyl adjacent to an activating group) is 1. The fraction of sp³-hybridized carbons (Fsp3) is 0.368. The van der Waals surface area contributed by atoms with Gasteiger partial charge in [0.05, 0.1) is 7.11 Å². The average Bonchev–Trinajstić information content (AvgIpc) is 2.47. The van der Waals surface area contributed by atoms with Gasteiger partial charge in [0.15, 0.2) is 0 Å². The molecule has 0 amide bonds. The number of methoxy groups -OCH3 is 1. The predicted octanol–water partition coefficient (Wildman–Crippen LogP) is 3.99. The zero-order chi connectivity index (χ0) is 14.8. The fourth-order valence-corrected chi connectivity index (χ4v) is 3.38. The molecular formula is C19H23NO. The van der Waals surface area contributed by atoms with Crippen molar-refractivity contribution in [2.45, 2.75) is 32.2 Å². The Morgan fingerprint density at radius 2 is 2.05 bits per heavy atom. The number of hydrogen-bond donors (Lipinski definition) is 1. The number of nitrogens with one attached hydrogen (secondary N) is 1. The van der Waals surface area contributed by atoms with E-state index in [-0.39, 0.29) is 0 Å². The summed E-state index contributed by atoms with van der Waals surface area (Å²) < 4.78 is 5.59. The SMILES string of the molecule is CCNC(c1cc(C)ccc1OC)C1Cc2ccccc21. The van der Waals surface area contributed by atoms with Crippen molar-refractivity contribution in [2.75, 3.05) is 13.7 Å². The van der Waals surface area contributed by atoms with Gasteiger partial charge in [-0.2, -0.15) is 0 Å². The molecule has 0 fully saturated rings. The number of hydrogen-bond acceptors (Lipinski definition) is 2. The first kappa shape index (κ1) is 14.2. The molecule has 2 atom stereocenters. The fourth-order valence-electron chi connectivity index (χ4n) is 3.38. The van der Waals surface area contributed by atoms with Crippen molar-refractivity contribution in [3.8, 4) is 5.75 Å². The van der Waals surface area contributed by atoms with Crippen molar-refractivity contribution < 1.29 is 4.74 Å². The smallest absolute Gasteiger partial charge is 0.123 e. The molecule has 2 unspecified atom stereocenters. The molecule has 110 valence electrons. The second-order valence-electron chi connectivity index (χ2n) is 5.79. The Kier molecular flexibility index (Phi) is 3.98. The van der Waals surface area contributed by atoms with Crippen molar-refractivity contribution in [2.24, 2.45) is 0 Å². The highest BCUT2D eigenvalue weighted by Gasteiger charge is 2.34. The van der Waals surface area contributed by atoms with Gasteiger partial charge in [0, 0.05) is 17.5 Å². The first-order valence-corrected chi connectivity index (χ1v) is 7.70. The van der Waals surface area contributed by atoms with E-state index >= 15 is 0 Å². The maximum atomic E-state index is 5.59. The molecule has 0 spiro atoms. The van der Waals surface area contributed by atoms with Crippen LogP contribution in [0.4, 0.5) is 0 Å². The minimum Gasteiger partial charge on any atom is -0.496 e. The van der Waals surface area contributed by atoms with Gasteiger partial charge in [0.1, 0.15) is 5.75 Å². The Bertz CT molecular complexity index is 635. The summed E-state index contributed by atoms with van der Waals surface area (Å²) in [5.41, 5.74) is 5.52. The van der Waals surface area contributed by atoms with Crippen LogP contribution in [0.2, 0.25) is 0 Å². The van der Waals surface area contributed by atoms with Crippen molar-refractivity contribution in [3.05, 3.63) is 64.7 Å². The molecule has 1 N–H and O–H groups in total. The van der Waals surface area contributed by atoms with Gasteiger partial charge in [-0.15, -0.1) is 0 Å². The van der Waals surface area contributed by atoms with Crippen LogP contribution in [-0.2, 0) is 6.42 Å². The van der Waals surface area contributed by atoms with Crippen molar-refractivity contribution in [1.29, 1.82) is 0 Å². The normalized spacial score (nSPS) is 17.8. The van der Waals surface area contributed by atoms with Crippen LogP contribution in [0.15, 0.2) is 42.5 Å². The quantitative estimate of drug-likeness (QED) is 0.894. The van der Waals surface area contributed by atoms with Crippen LogP contribution in [-0.4, -0.2) is 13.7 Å². The first-order valence-electron chi connectivity index (χ1n) is 7.70. The van der Waals surface area contributed by atoms with Crippen LogP contribution in [0, 0.1) is 6.92 Å². The lowest BCUT2D eigenvalue weighted by Gasteiger charge is -2.38. The largest absolute Gasteiger partial charge is 0.496 e. The summed E-state index contributed by atoms with van der Waals surface area (Å²) in [5.74, 6) is 1.52. The molecule has 0 aliphatic heterocycles. The summed E-state index contributed by atoms with van der Waals surface area (Å²) in [6.45, 7) is 5.26. The Balaban J connectivity index is 1.98. The molecule has 0 aromatic heterocycles. The summed E-state index contributed by atoms with van der Waals surface area (Å²) in [6.07, 6.45) is 1.14. The third-order valence-corrected chi connectivity index (χ3v) is 4.44.